The normalized spacial score (nSPS) is 10.2. The standard InChI is InChI=1S/C10H10N2O3/c1-2-14-9-6-4-3-5-8(9)12-7-10(13)15-11-12/h3-7H,2H2,1H3. The minimum Gasteiger partial charge on any atom is -0.539 e. The Kier molecular flexibility index (Phi) is 2.53. The van der Waals surface area contributed by atoms with Crippen LogP contribution >= 0.6 is 0 Å². The summed E-state index contributed by atoms with van der Waals surface area (Å²) in [6.07, 6.45) is 1.26. The molecule has 2 rings (SSSR count). The highest BCUT2D eigenvalue weighted by Crippen LogP contribution is 2.17. The molecule has 0 aliphatic heterocycles. The highest BCUT2D eigenvalue weighted by Gasteiger charge is 2.15. The fourth-order valence-electron chi connectivity index (χ4n) is 1.27. The first-order valence-electron chi connectivity index (χ1n) is 4.59. The Hall–Kier alpha value is -2.04. The monoisotopic (exact) mass is 206 g/mol. The predicted molar refractivity (Wildman–Crippen MR) is 48.7 cm³/mol. The van der Waals surface area contributed by atoms with Gasteiger partial charge in [-0.05, 0) is 17.7 Å². The lowest BCUT2D eigenvalue weighted by Crippen LogP contribution is -2.32. The van der Waals surface area contributed by atoms with Crippen LogP contribution in [0.2, 0.25) is 0 Å². The molecule has 1 aromatic heterocycles. The van der Waals surface area contributed by atoms with Crippen molar-refractivity contribution in [3.63, 3.8) is 0 Å². The first-order chi connectivity index (χ1) is 7.31. The lowest BCUT2D eigenvalue weighted by Gasteiger charge is -2.01. The summed E-state index contributed by atoms with van der Waals surface area (Å²) in [6.45, 7) is 2.45. The molecule has 1 heterocycles. The fraction of sp³-hybridized carbons (Fsp3) is 0.200. The van der Waals surface area contributed by atoms with Gasteiger partial charge < -0.3 is 14.4 Å². The Balaban J connectivity index is 2.42. The van der Waals surface area contributed by atoms with E-state index in [0.29, 0.717) is 18.0 Å². The first kappa shape index (κ1) is 9.51. The molecule has 0 bridgehead atoms. The third-order valence-electron chi connectivity index (χ3n) is 1.86. The number of ether oxygens (including phenoxy) is 1. The number of aromatic nitrogens is 2. The lowest BCUT2D eigenvalue weighted by atomic mass is 10.3. The molecule has 0 unspecified atom stereocenters. The lowest BCUT2D eigenvalue weighted by molar-refractivity contribution is -0.670. The maximum absolute atomic E-state index is 10.8. The van der Waals surface area contributed by atoms with Crippen LogP contribution in [0.5, 0.6) is 11.7 Å². The third-order valence-corrected chi connectivity index (χ3v) is 1.86. The summed E-state index contributed by atoms with van der Waals surface area (Å²) in [4.78, 5) is 0. The average molecular weight is 206 g/mol. The molecule has 0 saturated carbocycles. The largest absolute Gasteiger partial charge is 0.539 e. The topological polar surface area (TPSA) is 62.2 Å². The predicted octanol–water partition coefficient (Wildman–Crippen LogP) is 0.424. The summed E-state index contributed by atoms with van der Waals surface area (Å²) in [6, 6.07) is 7.30. The first-order valence-corrected chi connectivity index (χ1v) is 4.59. The summed E-state index contributed by atoms with van der Waals surface area (Å²) in [7, 11) is 0. The van der Waals surface area contributed by atoms with E-state index in [4.69, 9.17) is 4.74 Å². The van der Waals surface area contributed by atoms with Crippen molar-refractivity contribution in [1.82, 2.24) is 5.27 Å². The molecule has 0 amide bonds. The molecular formula is C10H10N2O3. The van der Waals surface area contributed by atoms with Gasteiger partial charge in [-0.2, -0.15) is 0 Å². The van der Waals surface area contributed by atoms with E-state index in [1.54, 1.807) is 6.07 Å². The average Bonchev–Trinajstić information content (AvgIpc) is 2.66. The quantitative estimate of drug-likeness (QED) is 0.683. The fourth-order valence-corrected chi connectivity index (χ4v) is 1.27. The Morgan fingerprint density at radius 3 is 2.93 bits per heavy atom. The van der Waals surface area contributed by atoms with E-state index in [9.17, 15) is 5.11 Å². The molecule has 0 aliphatic rings. The highest BCUT2D eigenvalue weighted by molar-refractivity contribution is 5.39. The molecule has 2 aromatic rings. The van der Waals surface area contributed by atoms with Crippen molar-refractivity contribution in [3.05, 3.63) is 30.5 Å². The molecule has 1 aromatic carbocycles. The van der Waals surface area contributed by atoms with E-state index in [2.05, 4.69) is 9.79 Å². The molecule has 5 nitrogen and oxygen atoms in total. The maximum Gasteiger partial charge on any atom is 0.280 e. The van der Waals surface area contributed by atoms with Crippen LogP contribution in [0.25, 0.3) is 5.69 Å². The summed E-state index contributed by atoms with van der Waals surface area (Å²) in [5.41, 5.74) is 0.685. The highest BCUT2D eigenvalue weighted by atomic mass is 16.6. The molecule has 5 heteroatoms. The van der Waals surface area contributed by atoms with E-state index < -0.39 is 5.95 Å². The number of nitrogens with zero attached hydrogens (tertiary/aromatic N) is 2. The molecule has 0 N–H and O–H groups in total. The zero-order chi connectivity index (χ0) is 10.7. The zero-order valence-electron chi connectivity index (χ0n) is 8.21. The van der Waals surface area contributed by atoms with E-state index in [1.807, 2.05) is 25.1 Å². The van der Waals surface area contributed by atoms with Crippen molar-refractivity contribution in [2.45, 2.75) is 6.92 Å². The minimum absolute atomic E-state index is 0.485. The Morgan fingerprint density at radius 1 is 1.47 bits per heavy atom. The van der Waals surface area contributed by atoms with Crippen LogP contribution in [0.15, 0.2) is 35.0 Å². The Morgan fingerprint density at radius 2 is 2.27 bits per heavy atom. The van der Waals surface area contributed by atoms with Crippen molar-refractivity contribution < 1.29 is 19.0 Å². The van der Waals surface area contributed by atoms with Crippen molar-refractivity contribution in [3.8, 4) is 17.4 Å². The zero-order valence-corrected chi connectivity index (χ0v) is 8.21. The van der Waals surface area contributed by atoms with E-state index in [1.165, 1.54) is 10.9 Å². The molecule has 0 fully saturated rings. The van der Waals surface area contributed by atoms with Gasteiger partial charge >= 0.3 is 0 Å². The van der Waals surface area contributed by atoms with Gasteiger partial charge in [-0.25, -0.2) is 0 Å². The van der Waals surface area contributed by atoms with Gasteiger partial charge in [0.1, 0.15) is 5.95 Å². The number of benzene rings is 1. The molecule has 0 radical (unpaired) electrons. The van der Waals surface area contributed by atoms with E-state index in [-0.39, 0.29) is 0 Å². The van der Waals surface area contributed by atoms with E-state index in [0.717, 1.165) is 0 Å². The second kappa shape index (κ2) is 4.00. The number of para-hydroxylation sites is 2. The van der Waals surface area contributed by atoms with Crippen molar-refractivity contribution >= 4 is 0 Å². The Labute approximate surface area is 86.5 Å². The molecular weight excluding hydrogens is 196 g/mol. The van der Waals surface area contributed by atoms with Crippen LogP contribution in [-0.4, -0.2) is 11.9 Å². The minimum atomic E-state index is -0.485. The van der Waals surface area contributed by atoms with E-state index >= 15 is 0 Å². The summed E-state index contributed by atoms with van der Waals surface area (Å²) in [5.74, 6) is 0.180. The number of rotatable bonds is 3. The molecule has 0 atom stereocenters. The van der Waals surface area contributed by atoms with Crippen molar-refractivity contribution in [1.29, 1.82) is 0 Å². The van der Waals surface area contributed by atoms with Crippen LogP contribution in [0, 0.1) is 0 Å². The Bertz CT molecular complexity index is 453. The second-order valence-electron chi connectivity index (χ2n) is 2.87. The van der Waals surface area contributed by atoms with Gasteiger partial charge in [0.15, 0.2) is 5.75 Å². The summed E-state index contributed by atoms with van der Waals surface area (Å²) >= 11 is 0. The van der Waals surface area contributed by atoms with Gasteiger partial charge in [-0.3, -0.25) is 0 Å². The van der Waals surface area contributed by atoms with Crippen molar-refractivity contribution in [2.75, 3.05) is 6.61 Å². The van der Waals surface area contributed by atoms with Crippen LogP contribution in [0.3, 0.4) is 0 Å². The van der Waals surface area contributed by atoms with Gasteiger partial charge in [0.2, 0.25) is 6.20 Å². The molecule has 0 saturated heterocycles. The number of hydrogen-bond acceptors (Lipinski definition) is 4. The van der Waals surface area contributed by atoms with Crippen LogP contribution in [0.4, 0.5) is 0 Å². The van der Waals surface area contributed by atoms with Crippen LogP contribution in [-0.2, 0) is 0 Å². The van der Waals surface area contributed by atoms with Crippen LogP contribution < -0.4 is 14.5 Å². The third kappa shape index (κ3) is 1.90. The SMILES string of the molecule is CCOc1ccccc1-[n+]1cc([O-])on1. The van der Waals surface area contributed by atoms with Gasteiger partial charge in [0.25, 0.3) is 5.69 Å². The number of hydrogen-bond donors (Lipinski definition) is 0. The molecule has 0 spiro atoms. The summed E-state index contributed by atoms with van der Waals surface area (Å²) < 4.78 is 11.2. The van der Waals surface area contributed by atoms with Crippen LogP contribution in [0.1, 0.15) is 6.92 Å². The molecule has 78 valence electrons. The van der Waals surface area contributed by atoms with Gasteiger partial charge in [-0.1, -0.05) is 12.1 Å². The summed E-state index contributed by atoms with van der Waals surface area (Å²) in [5, 5.41) is 14.4. The van der Waals surface area contributed by atoms with Gasteiger partial charge in [0.05, 0.1) is 11.9 Å². The molecule has 0 aliphatic carbocycles. The van der Waals surface area contributed by atoms with Gasteiger partial charge in [-0.15, -0.1) is 0 Å². The van der Waals surface area contributed by atoms with Crippen molar-refractivity contribution in [2.24, 2.45) is 0 Å². The maximum atomic E-state index is 10.8. The van der Waals surface area contributed by atoms with Gasteiger partial charge in [0, 0.05) is 6.07 Å². The smallest absolute Gasteiger partial charge is 0.280 e. The second-order valence-corrected chi connectivity index (χ2v) is 2.87. The molecule has 15 heavy (non-hydrogen) atoms.